The fraction of sp³-hybridized carbons (Fsp3) is 0.0714. The van der Waals surface area contributed by atoms with Crippen LogP contribution >= 0.6 is 0 Å². The van der Waals surface area contributed by atoms with Crippen molar-refractivity contribution in [3.05, 3.63) is 59.9 Å². The van der Waals surface area contributed by atoms with E-state index in [2.05, 4.69) is 15.7 Å². The summed E-state index contributed by atoms with van der Waals surface area (Å²) >= 11 is 0. The molecule has 0 aromatic heterocycles. The molecule has 0 fully saturated rings. The number of anilines is 1. The highest BCUT2D eigenvalue weighted by molar-refractivity contribution is 5.94. The summed E-state index contributed by atoms with van der Waals surface area (Å²) in [6, 6.07) is 14.1. The van der Waals surface area contributed by atoms with E-state index in [1.54, 1.807) is 12.1 Å². The van der Waals surface area contributed by atoms with Crippen LogP contribution in [0.25, 0.3) is 0 Å². The first-order valence-electron chi connectivity index (χ1n) is 5.82. The predicted molar refractivity (Wildman–Crippen MR) is 75.6 cm³/mol. The molecule has 2 aromatic rings. The number of para-hydroxylation sites is 1. The molecule has 0 aliphatic heterocycles. The second-order valence-corrected chi connectivity index (χ2v) is 4.05. The van der Waals surface area contributed by atoms with Gasteiger partial charge >= 0.3 is 0 Å². The minimum atomic E-state index is -0.395. The second kappa shape index (κ2) is 5.97. The molecule has 0 heterocycles. The average molecular weight is 258 g/mol. The summed E-state index contributed by atoms with van der Waals surface area (Å²) in [6.07, 6.45) is 0. The number of aliphatic imine (C=N–C) groups is 1. The molecule has 2 rings (SSSR count). The number of guanidine groups is 1. The number of benzene rings is 2. The molecule has 0 unspecified atom stereocenters. The number of halogens is 1. The zero-order chi connectivity index (χ0) is 13.7. The molecule has 0 aliphatic carbocycles. The molecule has 4 N–H and O–H groups in total. The molecular weight excluding hydrogens is 243 g/mol. The Labute approximate surface area is 111 Å². The molecule has 0 saturated heterocycles. The van der Waals surface area contributed by atoms with Gasteiger partial charge in [0.25, 0.3) is 0 Å². The Hall–Kier alpha value is -2.40. The third-order valence-electron chi connectivity index (χ3n) is 2.51. The van der Waals surface area contributed by atoms with Crippen LogP contribution in [0.5, 0.6) is 0 Å². The highest BCUT2D eigenvalue weighted by atomic mass is 19.1. The normalized spacial score (nSPS) is 11.2. The SMILES string of the molecule is Cc1ccc(F)c(N=C(NN)Nc2ccccc2)c1. The summed E-state index contributed by atoms with van der Waals surface area (Å²) in [4.78, 5) is 4.13. The van der Waals surface area contributed by atoms with Crippen LogP contribution < -0.4 is 16.6 Å². The summed E-state index contributed by atoms with van der Waals surface area (Å²) in [5.41, 5.74) is 4.39. The molecule has 0 atom stereocenters. The maximum atomic E-state index is 13.6. The lowest BCUT2D eigenvalue weighted by molar-refractivity contribution is 0.629. The molecule has 2 aromatic carbocycles. The topological polar surface area (TPSA) is 62.4 Å². The number of nitrogens with zero attached hydrogens (tertiary/aromatic N) is 1. The Balaban J connectivity index is 2.26. The van der Waals surface area contributed by atoms with Crippen LogP contribution in [0.2, 0.25) is 0 Å². The van der Waals surface area contributed by atoms with Crippen molar-refractivity contribution >= 4 is 17.3 Å². The van der Waals surface area contributed by atoms with Crippen LogP contribution in [0, 0.1) is 12.7 Å². The van der Waals surface area contributed by atoms with Gasteiger partial charge in [0.05, 0.1) is 0 Å². The van der Waals surface area contributed by atoms with Crippen LogP contribution in [0.4, 0.5) is 15.8 Å². The van der Waals surface area contributed by atoms with E-state index < -0.39 is 5.82 Å². The number of hydrogen-bond donors (Lipinski definition) is 3. The minimum absolute atomic E-state index is 0.233. The largest absolute Gasteiger partial charge is 0.325 e. The lowest BCUT2D eigenvalue weighted by atomic mass is 10.2. The van der Waals surface area contributed by atoms with Crippen molar-refractivity contribution in [3.63, 3.8) is 0 Å². The van der Waals surface area contributed by atoms with Crippen LogP contribution in [-0.2, 0) is 0 Å². The van der Waals surface area contributed by atoms with E-state index in [0.717, 1.165) is 11.3 Å². The molecule has 19 heavy (non-hydrogen) atoms. The zero-order valence-electron chi connectivity index (χ0n) is 10.5. The number of nitrogens with one attached hydrogen (secondary N) is 2. The number of aryl methyl sites for hydroxylation is 1. The fourth-order valence-electron chi connectivity index (χ4n) is 1.58. The summed E-state index contributed by atoms with van der Waals surface area (Å²) < 4.78 is 13.6. The Morgan fingerprint density at radius 3 is 2.58 bits per heavy atom. The summed E-state index contributed by atoms with van der Waals surface area (Å²) in [7, 11) is 0. The number of hydrogen-bond acceptors (Lipinski definition) is 2. The van der Waals surface area contributed by atoms with Crippen LogP contribution in [-0.4, -0.2) is 5.96 Å². The van der Waals surface area contributed by atoms with Gasteiger partial charge in [-0.1, -0.05) is 24.3 Å². The molecule has 0 amide bonds. The van der Waals surface area contributed by atoms with Gasteiger partial charge in [0.2, 0.25) is 5.96 Å². The van der Waals surface area contributed by atoms with Crippen molar-refractivity contribution in [2.75, 3.05) is 5.32 Å². The van der Waals surface area contributed by atoms with Crippen LogP contribution in [0.3, 0.4) is 0 Å². The van der Waals surface area contributed by atoms with E-state index in [0.29, 0.717) is 0 Å². The van der Waals surface area contributed by atoms with Gasteiger partial charge in [-0.25, -0.2) is 15.2 Å². The fourth-order valence-corrected chi connectivity index (χ4v) is 1.58. The molecule has 98 valence electrons. The van der Waals surface area contributed by atoms with Gasteiger partial charge in [0.1, 0.15) is 11.5 Å². The summed E-state index contributed by atoms with van der Waals surface area (Å²) in [5.74, 6) is 5.27. The smallest absolute Gasteiger partial charge is 0.215 e. The van der Waals surface area contributed by atoms with Crippen LogP contribution in [0.15, 0.2) is 53.5 Å². The van der Waals surface area contributed by atoms with Gasteiger partial charge in [-0.3, -0.25) is 5.43 Å². The zero-order valence-corrected chi connectivity index (χ0v) is 10.5. The highest BCUT2D eigenvalue weighted by Crippen LogP contribution is 2.19. The standard InChI is InChI=1S/C14H15FN4/c1-10-7-8-12(15)13(9-10)18-14(19-16)17-11-5-3-2-4-6-11/h2-9H,16H2,1H3,(H2,17,18,19). The highest BCUT2D eigenvalue weighted by Gasteiger charge is 2.03. The van der Waals surface area contributed by atoms with E-state index in [-0.39, 0.29) is 11.6 Å². The Morgan fingerprint density at radius 2 is 1.89 bits per heavy atom. The maximum Gasteiger partial charge on any atom is 0.215 e. The monoisotopic (exact) mass is 258 g/mol. The van der Waals surface area contributed by atoms with Gasteiger partial charge in [-0.05, 0) is 36.8 Å². The summed E-state index contributed by atoms with van der Waals surface area (Å²) in [6.45, 7) is 1.87. The first kappa shape index (κ1) is 13.0. The molecule has 4 nitrogen and oxygen atoms in total. The van der Waals surface area contributed by atoms with Crippen molar-refractivity contribution in [2.45, 2.75) is 6.92 Å². The first-order chi connectivity index (χ1) is 9.19. The quantitative estimate of drug-likeness (QED) is 0.336. The van der Waals surface area contributed by atoms with Crippen molar-refractivity contribution in [1.82, 2.24) is 5.43 Å². The van der Waals surface area contributed by atoms with E-state index in [4.69, 9.17) is 5.84 Å². The first-order valence-corrected chi connectivity index (χ1v) is 5.82. The molecular formula is C14H15FN4. The van der Waals surface area contributed by atoms with E-state index >= 15 is 0 Å². The predicted octanol–water partition coefficient (Wildman–Crippen LogP) is 2.70. The Bertz CT molecular complexity index is 581. The number of hydrazine groups is 1. The average Bonchev–Trinajstić information content (AvgIpc) is 2.43. The van der Waals surface area contributed by atoms with Crippen molar-refractivity contribution in [2.24, 2.45) is 10.8 Å². The molecule has 0 spiro atoms. The van der Waals surface area contributed by atoms with Crippen molar-refractivity contribution in [3.8, 4) is 0 Å². The van der Waals surface area contributed by atoms with Crippen molar-refractivity contribution < 1.29 is 4.39 Å². The summed E-state index contributed by atoms with van der Waals surface area (Å²) in [5, 5.41) is 2.97. The molecule has 0 saturated carbocycles. The lowest BCUT2D eigenvalue weighted by Gasteiger charge is -2.09. The third kappa shape index (κ3) is 3.53. The van der Waals surface area contributed by atoms with Gasteiger partial charge in [-0.15, -0.1) is 0 Å². The minimum Gasteiger partial charge on any atom is -0.325 e. The second-order valence-electron chi connectivity index (χ2n) is 4.05. The van der Waals surface area contributed by atoms with Crippen LogP contribution in [0.1, 0.15) is 5.56 Å². The van der Waals surface area contributed by atoms with Gasteiger partial charge in [0.15, 0.2) is 0 Å². The molecule has 5 heteroatoms. The maximum absolute atomic E-state index is 13.6. The van der Waals surface area contributed by atoms with Gasteiger partial charge in [-0.2, -0.15) is 0 Å². The van der Waals surface area contributed by atoms with E-state index in [9.17, 15) is 4.39 Å². The van der Waals surface area contributed by atoms with Gasteiger partial charge in [0, 0.05) is 5.69 Å². The molecule has 0 radical (unpaired) electrons. The molecule has 0 bridgehead atoms. The number of nitrogens with two attached hydrogens (primary N) is 1. The van der Waals surface area contributed by atoms with E-state index in [1.165, 1.54) is 6.07 Å². The number of rotatable bonds is 2. The lowest BCUT2D eigenvalue weighted by Crippen LogP contribution is -2.36. The Kier molecular flexibility index (Phi) is 4.10. The van der Waals surface area contributed by atoms with Gasteiger partial charge < -0.3 is 5.32 Å². The van der Waals surface area contributed by atoms with Crippen molar-refractivity contribution in [1.29, 1.82) is 0 Å². The Morgan fingerprint density at radius 1 is 1.16 bits per heavy atom. The molecule has 0 aliphatic rings. The third-order valence-corrected chi connectivity index (χ3v) is 2.51. The van der Waals surface area contributed by atoms with E-state index in [1.807, 2.05) is 37.3 Å².